The Hall–Kier alpha value is -4.07. The molecule has 1 aliphatic carbocycles. The van der Waals surface area contributed by atoms with Crippen molar-refractivity contribution in [1.82, 2.24) is 29.6 Å². The van der Waals surface area contributed by atoms with E-state index in [0.29, 0.717) is 53.4 Å². The number of aromatic nitrogens is 4. The molecule has 1 atom stereocenters. The summed E-state index contributed by atoms with van der Waals surface area (Å²) in [7, 11) is 0. The number of fused-ring (bicyclic) bond motifs is 2. The number of benzene rings is 1. The van der Waals surface area contributed by atoms with Gasteiger partial charge in [-0.1, -0.05) is 47.6 Å². The van der Waals surface area contributed by atoms with E-state index in [0.717, 1.165) is 48.3 Å². The number of imidazole rings is 1. The van der Waals surface area contributed by atoms with E-state index >= 15 is 0 Å². The maximum Gasteiger partial charge on any atom is 0.410 e. The molecule has 2 amide bonds. The number of carbonyl (C=O) groups excluding carboxylic acids is 2. The van der Waals surface area contributed by atoms with Gasteiger partial charge in [0, 0.05) is 54.8 Å². The minimum absolute atomic E-state index is 0.154. The fourth-order valence-corrected chi connectivity index (χ4v) is 9.10. The quantitative estimate of drug-likeness (QED) is 0.199. The second-order valence-corrected chi connectivity index (χ2v) is 18.1. The second-order valence-electron chi connectivity index (χ2n) is 16.7. The van der Waals surface area contributed by atoms with Crippen LogP contribution in [0.15, 0.2) is 58.8 Å². The number of piperidine rings is 2. The number of carbonyl (C=O) groups is 2. The second kappa shape index (κ2) is 14.9. The molecule has 2 N–H and O–H groups in total. The van der Waals surface area contributed by atoms with Gasteiger partial charge in [0.2, 0.25) is 0 Å². The van der Waals surface area contributed by atoms with Crippen LogP contribution in [0.1, 0.15) is 102 Å². The number of nitrogens with zero attached hydrogens (tertiary/aromatic N) is 6. The van der Waals surface area contributed by atoms with Crippen LogP contribution in [-0.2, 0) is 22.5 Å². The number of aliphatic hydroxyl groups is 1. The molecule has 4 aromatic rings. The monoisotopic (exact) mass is 775 g/mol. The summed E-state index contributed by atoms with van der Waals surface area (Å²) < 4.78 is 13.2. The van der Waals surface area contributed by atoms with Gasteiger partial charge in [0.1, 0.15) is 21.9 Å². The lowest BCUT2D eigenvalue weighted by Gasteiger charge is -2.44. The van der Waals surface area contributed by atoms with E-state index in [1.807, 2.05) is 70.5 Å². The summed E-state index contributed by atoms with van der Waals surface area (Å²) in [5.74, 6) is 0.878. The van der Waals surface area contributed by atoms with Crippen LogP contribution < -0.4 is 10.2 Å². The Morgan fingerprint density at radius 2 is 1.70 bits per heavy atom. The third-order valence-corrected chi connectivity index (χ3v) is 12.0. The Morgan fingerprint density at radius 1 is 1.00 bits per heavy atom. The number of halogens is 1. The molecule has 0 radical (unpaired) electrons. The van der Waals surface area contributed by atoms with Crippen molar-refractivity contribution in [2.75, 3.05) is 31.1 Å². The van der Waals surface area contributed by atoms with Gasteiger partial charge in [-0.25, -0.2) is 24.5 Å². The number of rotatable bonds is 6. The molecule has 7 rings (SSSR count). The predicted molar refractivity (Wildman–Crippen MR) is 208 cm³/mol. The van der Waals surface area contributed by atoms with Gasteiger partial charge in [-0.2, -0.15) is 0 Å². The van der Waals surface area contributed by atoms with Gasteiger partial charge in [-0.05, 0) is 90.8 Å². The number of pyridine rings is 1. The number of aliphatic hydroxyl groups excluding tert-OH is 1. The summed E-state index contributed by atoms with van der Waals surface area (Å²) in [6.45, 7) is 13.6. The highest BCUT2D eigenvalue weighted by atomic mass is 35.5. The zero-order valence-electron chi connectivity index (χ0n) is 31.9. The Kier molecular flexibility index (Phi) is 10.5. The van der Waals surface area contributed by atoms with Crippen LogP contribution >= 0.6 is 23.4 Å². The highest BCUT2D eigenvalue weighted by Gasteiger charge is 2.49. The first-order chi connectivity index (χ1) is 25.6. The molecule has 1 aromatic carbocycles. The summed E-state index contributed by atoms with van der Waals surface area (Å²) in [5.41, 5.74) is 3.26. The molecule has 5 heterocycles. The first-order valence-corrected chi connectivity index (χ1v) is 19.9. The van der Waals surface area contributed by atoms with Crippen LogP contribution in [-0.4, -0.2) is 78.9 Å². The number of likely N-dealkylation sites (tertiary alicyclic amines) is 1. The average molecular weight is 776 g/mol. The van der Waals surface area contributed by atoms with Crippen molar-refractivity contribution in [2.45, 2.75) is 113 Å². The molecule has 0 unspecified atom stereocenters. The van der Waals surface area contributed by atoms with Gasteiger partial charge >= 0.3 is 12.2 Å². The summed E-state index contributed by atoms with van der Waals surface area (Å²) in [6.07, 6.45) is 9.14. The van der Waals surface area contributed by atoms with Gasteiger partial charge in [-0.15, -0.1) is 0 Å². The number of ether oxygens (including phenoxy) is 2. The van der Waals surface area contributed by atoms with Crippen LogP contribution in [0, 0.1) is 5.41 Å². The van der Waals surface area contributed by atoms with E-state index in [1.165, 1.54) is 17.3 Å². The molecule has 12 nitrogen and oxygen atoms in total. The van der Waals surface area contributed by atoms with Crippen LogP contribution in [0.5, 0.6) is 0 Å². The first-order valence-electron chi connectivity index (χ1n) is 18.7. The number of hydrogen-bond donors (Lipinski definition) is 2. The molecule has 0 saturated carbocycles. The van der Waals surface area contributed by atoms with Crippen molar-refractivity contribution in [3.63, 3.8) is 0 Å². The summed E-state index contributed by atoms with van der Waals surface area (Å²) in [4.78, 5) is 44.8. The molecule has 0 bridgehead atoms. The molecular weight excluding hydrogens is 726 g/mol. The summed E-state index contributed by atoms with van der Waals surface area (Å²) in [5, 5.41) is 14.8. The number of alkyl carbamates (subject to hydrolysis) is 1. The van der Waals surface area contributed by atoms with E-state index in [9.17, 15) is 14.7 Å². The van der Waals surface area contributed by atoms with E-state index in [2.05, 4.69) is 28.4 Å². The maximum atomic E-state index is 13.0. The molecule has 14 heteroatoms. The fraction of sp³-hybridized carbons (Fsp3) is 0.525. The van der Waals surface area contributed by atoms with Crippen molar-refractivity contribution in [2.24, 2.45) is 5.41 Å². The largest absolute Gasteiger partial charge is 0.444 e. The van der Waals surface area contributed by atoms with Crippen molar-refractivity contribution in [3.05, 3.63) is 76.5 Å². The lowest BCUT2D eigenvalue weighted by atomic mass is 9.72. The summed E-state index contributed by atoms with van der Waals surface area (Å²) in [6, 6.07) is 10.1. The standard InChI is InChI=1S/C40H50ClN7O5S/c1-38(2,3)52-36(50)45-33-27-10-8-7-9-26(27)21-40(33)14-19-46(20-15-40)34-29(24-49)43-31(22-42-34)54-30-13-18-48-23-28(44-35(48)32(30)41)25-11-16-47(17-12-25)37(51)53-39(4,5)6/h7-10,13,18,22-23,25,33,49H,11-12,14-17,19-21,24H2,1-6H3,(H,45,50)/t33-/m1/s1. The number of nitrogens with one attached hydrogen (secondary N) is 1. The maximum absolute atomic E-state index is 13.0. The van der Waals surface area contributed by atoms with E-state index < -0.39 is 17.3 Å². The molecular formula is C40H50ClN7O5S. The average Bonchev–Trinajstić information content (AvgIpc) is 3.68. The smallest absolute Gasteiger partial charge is 0.410 e. The lowest BCUT2D eigenvalue weighted by Crippen LogP contribution is -2.48. The van der Waals surface area contributed by atoms with Crippen molar-refractivity contribution < 1.29 is 24.2 Å². The molecule has 2 saturated heterocycles. The van der Waals surface area contributed by atoms with E-state index in [-0.39, 0.29) is 30.1 Å². The number of amides is 2. The molecule has 2 aliphatic heterocycles. The third kappa shape index (κ3) is 8.13. The molecule has 3 aromatic heterocycles. The van der Waals surface area contributed by atoms with E-state index in [1.54, 1.807) is 11.1 Å². The highest BCUT2D eigenvalue weighted by molar-refractivity contribution is 7.99. The Bertz CT molecular complexity index is 2030. The molecule has 3 aliphatic rings. The zero-order valence-corrected chi connectivity index (χ0v) is 33.5. The topological polar surface area (TPSA) is 134 Å². The van der Waals surface area contributed by atoms with Crippen LogP contribution in [0.2, 0.25) is 5.02 Å². The molecule has 54 heavy (non-hydrogen) atoms. The fourth-order valence-electron chi connectivity index (χ4n) is 7.99. The van der Waals surface area contributed by atoms with Gasteiger partial charge < -0.3 is 34.1 Å². The molecule has 288 valence electrons. The van der Waals surface area contributed by atoms with Crippen molar-refractivity contribution in [3.8, 4) is 0 Å². The van der Waals surface area contributed by atoms with Crippen LogP contribution in [0.3, 0.4) is 0 Å². The zero-order chi connectivity index (χ0) is 38.4. The van der Waals surface area contributed by atoms with Gasteiger partial charge in [-0.3, -0.25) is 0 Å². The first kappa shape index (κ1) is 38.2. The molecule has 2 fully saturated rings. The minimum Gasteiger partial charge on any atom is -0.444 e. The number of hydrogen-bond acceptors (Lipinski definition) is 10. The van der Waals surface area contributed by atoms with E-state index in [4.69, 9.17) is 36.0 Å². The third-order valence-electron chi connectivity index (χ3n) is 10.5. The highest BCUT2D eigenvalue weighted by Crippen LogP contribution is 2.52. The van der Waals surface area contributed by atoms with Gasteiger partial charge in [0.05, 0.1) is 29.6 Å². The Balaban J connectivity index is 1.02. The predicted octanol–water partition coefficient (Wildman–Crippen LogP) is 7.94. The SMILES string of the molecule is CC(C)(C)OC(=O)N[C@@H]1c2ccccc2CC12CCN(c1ncc(Sc3ccn4cc(C5CCN(C(=O)OC(C)(C)C)CC5)nc4c3Cl)nc1CO)CC2. The molecule has 1 spiro atoms. The van der Waals surface area contributed by atoms with Crippen molar-refractivity contribution in [1.29, 1.82) is 0 Å². The van der Waals surface area contributed by atoms with Crippen LogP contribution in [0.25, 0.3) is 5.65 Å². The van der Waals surface area contributed by atoms with Gasteiger partial charge in [0.25, 0.3) is 0 Å². The Labute approximate surface area is 326 Å². The van der Waals surface area contributed by atoms with Gasteiger partial charge in [0.15, 0.2) is 11.5 Å². The lowest BCUT2D eigenvalue weighted by molar-refractivity contribution is 0.0203. The minimum atomic E-state index is -0.589. The summed E-state index contributed by atoms with van der Waals surface area (Å²) >= 11 is 8.34. The van der Waals surface area contributed by atoms with Crippen molar-refractivity contribution >= 4 is 47.0 Å². The Morgan fingerprint density at radius 3 is 2.39 bits per heavy atom. The number of anilines is 1. The normalized spacial score (nSPS) is 18.9. The van der Waals surface area contributed by atoms with Crippen LogP contribution in [0.4, 0.5) is 15.4 Å².